The number of halogens is 1. The Morgan fingerprint density at radius 2 is 1.92 bits per heavy atom. The standard InChI is InChI=1S/C19H27ClN2O3/c1-4-13(5-2)18(23)21-15-8-10-22(11-9-15)19(24)16-12-14(20)6-7-17(16)25-3/h6-7,12-13,15H,4-5,8-11H2,1-3H3,(H,21,23). The van der Waals surface area contributed by atoms with Gasteiger partial charge in [0.1, 0.15) is 5.75 Å². The average Bonchev–Trinajstić information content (AvgIpc) is 2.62. The number of likely N-dealkylation sites (tertiary alicyclic amines) is 1. The molecule has 0 aliphatic carbocycles. The van der Waals surface area contributed by atoms with Crippen LogP contribution in [0.3, 0.4) is 0 Å². The minimum absolute atomic E-state index is 0.0791. The van der Waals surface area contributed by atoms with Crippen LogP contribution in [0.5, 0.6) is 5.75 Å². The number of hydrogen-bond acceptors (Lipinski definition) is 3. The first kappa shape index (κ1) is 19.6. The first-order chi connectivity index (χ1) is 12.0. The summed E-state index contributed by atoms with van der Waals surface area (Å²) in [7, 11) is 1.54. The van der Waals surface area contributed by atoms with Gasteiger partial charge in [0.15, 0.2) is 0 Å². The number of carbonyl (C=O) groups excluding carboxylic acids is 2. The van der Waals surface area contributed by atoms with Crippen LogP contribution in [-0.4, -0.2) is 43.0 Å². The Kier molecular flexibility index (Phi) is 7.12. The topological polar surface area (TPSA) is 58.6 Å². The summed E-state index contributed by atoms with van der Waals surface area (Å²) in [6.45, 7) is 5.30. The number of nitrogens with one attached hydrogen (secondary N) is 1. The minimum atomic E-state index is -0.0795. The molecule has 1 aromatic rings. The van der Waals surface area contributed by atoms with Crippen LogP contribution in [0.1, 0.15) is 49.9 Å². The van der Waals surface area contributed by atoms with Crippen LogP contribution in [0, 0.1) is 5.92 Å². The second-order valence-corrected chi connectivity index (χ2v) is 6.87. The molecule has 25 heavy (non-hydrogen) atoms. The summed E-state index contributed by atoms with van der Waals surface area (Å²) < 4.78 is 5.27. The van der Waals surface area contributed by atoms with Crippen LogP contribution in [0.15, 0.2) is 18.2 Å². The predicted molar refractivity (Wildman–Crippen MR) is 99.1 cm³/mol. The zero-order valence-corrected chi connectivity index (χ0v) is 15.9. The maximum atomic E-state index is 12.8. The first-order valence-electron chi connectivity index (χ1n) is 8.93. The van der Waals surface area contributed by atoms with Crippen molar-refractivity contribution in [3.63, 3.8) is 0 Å². The van der Waals surface area contributed by atoms with Crippen molar-refractivity contribution in [1.82, 2.24) is 10.2 Å². The summed E-state index contributed by atoms with van der Waals surface area (Å²) in [4.78, 5) is 26.8. The van der Waals surface area contributed by atoms with Crippen molar-refractivity contribution < 1.29 is 14.3 Å². The number of hydrogen-bond donors (Lipinski definition) is 1. The number of rotatable bonds is 6. The molecule has 1 fully saturated rings. The van der Waals surface area contributed by atoms with Crippen molar-refractivity contribution >= 4 is 23.4 Å². The highest BCUT2D eigenvalue weighted by Gasteiger charge is 2.27. The van der Waals surface area contributed by atoms with E-state index in [0.717, 1.165) is 25.7 Å². The third kappa shape index (κ3) is 4.88. The van der Waals surface area contributed by atoms with Gasteiger partial charge in [-0.1, -0.05) is 25.4 Å². The van der Waals surface area contributed by atoms with Gasteiger partial charge in [-0.3, -0.25) is 9.59 Å². The molecule has 1 heterocycles. The van der Waals surface area contributed by atoms with Gasteiger partial charge in [0.2, 0.25) is 5.91 Å². The van der Waals surface area contributed by atoms with E-state index in [9.17, 15) is 9.59 Å². The highest BCUT2D eigenvalue weighted by molar-refractivity contribution is 6.31. The van der Waals surface area contributed by atoms with Crippen LogP contribution in [0.4, 0.5) is 0 Å². The summed E-state index contributed by atoms with van der Waals surface area (Å²) in [5.41, 5.74) is 0.481. The Morgan fingerprint density at radius 3 is 2.48 bits per heavy atom. The Bertz CT molecular complexity index is 609. The van der Waals surface area contributed by atoms with E-state index in [0.29, 0.717) is 29.4 Å². The van der Waals surface area contributed by atoms with Gasteiger partial charge in [0.05, 0.1) is 12.7 Å². The van der Waals surface area contributed by atoms with E-state index in [-0.39, 0.29) is 23.8 Å². The van der Waals surface area contributed by atoms with E-state index >= 15 is 0 Å². The molecule has 1 saturated heterocycles. The molecular formula is C19H27ClN2O3. The van der Waals surface area contributed by atoms with E-state index < -0.39 is 0 Å². The molecular weight excluding hydrogens is 340 g/mol. The molecule has 0 saturated carbocycles. The Hall–Kier alpha value is -1.75. The molecule has 2 amide bonds. The fraction of sp³-hybridized carbons (Fsp3) is 0.579. The molecule has 2 rings (SSSR count). The lowest BCUT2D eigenvalue weighted by Crippen LogP contribution is -2.47. The maximum Gasteiger partial charge on any atom is 0.257 e. The molecule has 0 atom stereocenters. The van der Waals surface area contributed by atoms with Crippen molar-refractivity contribution in [2.45, 2.75) is 45.6 Å². The number of amides is 2. The zero-order chi connectivity index (χ0) is 18.4. The van der Waals surface area contributed by atoms with Gasteiger partial charge in [-0.15, -0.1) is 0 Å². The van der Waals surface area contributed by atoms with Crippen LogP contribution >= 0.6 is 11.6 Å². The van der Waals surface area contributed by atoms with E-state index in [1.807, 2.05) is 13.8 Å². The molecule has 0 spiro atoms. The molecule has 0 radical (unpaired) electrons. The van der Waals surface area contributed by atoms with E-state index in [1.54, 1.807) is 30.2 Å². The number of benzene rings is 1. The highest BCUT2D eigenvalue weighted by Crippen LogP contribution is 2.25. The van der Waals surface area contributed by atoms with Crippen LogP contribution in [-0.2, 0) is 4.79 Å². The number of piperidine rings is 1. The van der Waals surface area contributed by atoms with Crippen LogP contribution in [0.2, 0.25) is 5.02 Å². The predicted octanol–water partition coefficient (Wildman–Crippen LogP) is 3.51. The molecule has 1 aliphatic rings. The third-order valence-electron chi connectivity index (χ3n) is 4.88. The molecule has 0 bridgehead atoms. The van der Waals surface area contributed by atoms with E-state index in [4.69, 9.17) is 16.3 Å². The molecule has 0 unspecified atom stereocenters. The highest BCUT2D eigenvalue weighted by atomic mass is 35.5. The monoisotopic (exact) mass is 366 g/mol. The summed E-state index contributed by atoms with van der Waals surface area (Å²) in [5.74, 6) is 0.657. The number of carbonyl (C=O) groups is 2. The second-order valence-electron chi connectivity index (χ2n) is 6.43. The molecule has 1 aliphatic heterocycles. The van der Waals surface area contributed by atoms with Crippen LogP contribution < -0.4 is 10.1 Å². The molecule has 5 nitrogen and oxygen atoms in total. The largest absolute Gasteiger partial charge is 0.496 e. The normalized spacial score (nSPS) is 15.3. The molecule has 1 N–H and O–H groups in total. The zero-order valence-electron chi connectivity index (χ0n) is 15.2. The van der Waals surface area contributed by atoms with Gasteiger partial charge < -0.3 is 15.0 Å². The van der Waals surface area contributed by atoms with Crippen molar-refractivity contribution in [1.29, 1.82) is 0 Å². The molecule has 1 aromatic carbocycles. The summed E-state index contributed by atoms with van der Waals surface area (Å²) >= 11 is 6.02. The van der Waals surface area contributed by atoms with Gasteiger partial charge in [0.25, 0.3) is 5.91 Å². The quantitative estimate of drug-likeness (QED) is 0.838. The fourth-order valence-electron chi connectivity index (χ4n) is 3.22. The van der Waals surface area contributed by atoms with Gasteiger partial charge in [0, 0.05) is 30.1 Å². The lowest BCUT2D eigenvalue weighted by atomic mass is 9.99. The van der Waals surface area contributed by atoms with Crippen LogP contribution in [0.25, 0.3) is 0 Å². The molecule has 0 aromatic heterocycles. The van der Waals surface area contributed by atoms with Crippen molar-refractivity contribution in [3.8, 4) is 5.75 Å². The Morgan fingerprint density at radius 1 is 1.28 bits per heavy atom. The summed E-state index contributed by atoms with van der Waals surface area (Å²) in [6.07, 6.45) is 3.24. The summed E-state index contributed by atoms with van der Waals surface area (Å²) in [5, 5.41) is 3.64. The lowest BCUT2D eigenvalue weighted by molar-refractivity contribution is -0.126. The molecule has 138 valence electrons. The SMILES string of the molecule is CCC(CC)C(=O)NC1CCN(C(=O)c2cc(Cl)ccc2OC)CC1. The van der Waals surface area contributed by atoms with E-state index in [1.165, 1.54) is 0 Å². The van der Waals surface area contributed by atoms with Gasteiger partial charge >= 0.3 is 0 Å². The average molecular weight is 367 g/mol. The number of nitrogens with zero attached hydrogens (tertiary/aromatic N) is 1. The smallest absolute Gasteiger partial charge is 0.257 e. The Labute approximate surface area is 154 Å². The van der Waals surface area contributed by atoms with Gasteiger partial charge in [-0.05, 0) is 43.9 Å². The van der Waals surface area contributed by atoms with Gasteiger partial charge in [-0.25, -0.2) is 0 Å². The fourth-order valence-corrected chi connectivity index (χ4v) is 3.40. The van der Waals surface area contributed by atoms with E-state index in [2.05, 4.69) is 5.32 Å². The van der Waals surface area contributed by atoms with Crippen molar-refractivity contribution in [2.24, 2.45) is 5.92 Å². The number of methoxy groups -OCH3 is 1. The van der Waals surface area contributed by atoms with Crippen molar-refractivity contribution in [2.75, 3.05) is 20.2 Å². The summed E-state index contributed by atoms with van der Waals surface area (Å²) in [6, 6.07) is 5.19. The first-order valence-corrected chi connectivity index (χ1v) is 9.31. The van der Waals surface area contributed by atoms with Gasteiger partial charge in [-0.2, -0.15) is 0 Å². The Balaban J connectivity index is 1.95. The lowest BCUT2D eigenvalue weighted by Gasteiger charge is -2.33. The maximum absolute atomic E-state index is 12.8. The minimum Gasteiger partial charge on any atom is -0.496 e. The van der Waals surface area contributed by atoms with Crippen molar-refractivity contribution in [3.05, 3.63) is 28.8 Å². The second kappa shape index (κ2) is 9.09. The molecule has 6 heteroatoms. The third-order valence-corrected chi connectivity index (χ3v) is 5.11. The number of ether oxygens (including phenoxy) is 1.